The van der Waals surface area contributed by atoms with Crippen LogP contribution in [0, 0.1) is 0 Å². The molecule has 1 saturated carbocycles. The van der Waals surface area contributed by atoms with E-state index in [2.05, 4.69) is 0 Å². The molecule has 2 rings (SSSR count). The van der Waals surface area contributed by atoms with Gasteiger partial charge < -0.3 is 15.7 Å². The first kappa shape index (κ1) is 14.2. The Bertz CT molecular complexity index is 484. The maximum Gasteiger partial charge on any atom is 0.255 e. The van der Waals surface area contributed by atoms with Crippen molar-refractivity contribution in [2.45, 2.75) is 31.3 Å². The summed E-state index contributed by atoms with van der Waals surface area (Å²) in [5, 5.41) is 10.7. The number of likely N-dealkylation sites (N-methyl/N-ethyl adjacent to an activating group) is 1. The second kappa shape index (κ2) is 5.39. The van der Waals surface area contributed by atoms with E-state index < -0.39 is 5.60 Å². The maximum absolute atomic E-state index is 12.3. The fourth-order valence-electron chi connectivity index (χ4n) is 2.62. The van der Waals surface area contributed by atoms with Crippen LogP contribution in [0.1, 0.15) is 36.0 Å². The minimum atomic E-state index is -0.753. The average molecular weight is 283 g/mol. The van der Waals surface area contributed by atoms with Crippen LogP contribution >= 0.6 is 11.6 Å². The van der Waals surface area contributed by atoms with Crippen LogP contribution in [0.4, 0.5) is 5.69 Å². The third-order valence-electron chi connectivity index (χ3n) is 3.63. The molecule has 0 saturated heterocycles. The molecule has 0 aromatic heterocycles. The fourth-order valence-corrected chi connectivity index (χ4v) is 2.82. The van der Waals surface area contributed by atoms with Crippen molar-refractivity contribution in [2.24, 2.45) is 0 Å². The van der Waals surface area contributed by atoms with E-state index in [1.54, 1.807) is 25.2 Å². The number of nitrogens with two attached hydrogens (primary N) is 1. The molecule has 1 aromatic rings. The third-order valence-corrected chi connectivity index (χ3v) is 3.96. The number of anilines is 1. The van der Waals surface area contributed by atoms with Crippen LogP contribution in [0.3, 0.4) is 0 Å². The highest BCUT2D eigenvalue weighted by molar-refractivity contribution is 6.33. The number of rotatable bonds is 3. The molecule has 0 atom stereocenters. The molecule has 1 aliphatic rings. The van der Waals surface area contributed by atoms with E-state index in [9.17, 15) is 9.90 Å². The van der Waals surface area contributed by atoms with Crippen molar-refractivity contribution in [3.05, 3.63) is 28.8 Å². The van der Waals surface area contributed by atoms with Gasteiger partial charge in [0, 0.05) is 19.3 Å². The Morgan fingerprint density at radius 3 is 2.74 bits per heavy atom. The zero-order chi connectivity index (χ0) is 14.0. The van der Waals surface area contributed by atoms with E-state index >= 15 is 0 Å². The number of benzene rings is 1. The van der Waals surface area contributed by atoms with Crippen molar-refractivity contribution in [3.8, 4) is 0 Å². The zero-order valence-electron chi connectivity index (χ0n) is 11.0. The van der Waals surface area contributed by atoms with Crippen LogP contribution in [0.2, 0.25) is 5.02 Å². The molecule has 1 aromatic carbocycles. The van der Waals surface area contributed by atoms with Crippen molar-refractivity contribution in [2.75, 3.05) is 19.3 Å². The summed E-state index contributed by atoms with van der Waals surface area (Å²) in [6.45, 7) is 0.330. The average Bonchev–Trinajstić information content (AvgIpc) is 2.78. The molecule has 0 bridgehead atoms. The Morgan fingerprint density at radius 2 is 2.11 bits per heavy atom. The van der Waals surface area contributed by atoms with Crippen molar-refractivity contribution in [1.29, 1.82) is 0 Å². The Kier molecular flexibility index (Phi) is 4.02. The van der Waals surface area contributed by atoms with Gasteiger partial charge in [-0.3, -0.25) is 4.79 Å². The van der Waals surface area contributed by atoms with Crippen molar-refractivity contribution in [1.82, 2.24) is 4.90 Å². The minimum absolute atomic E-state index is 0.211. The van der Waals surface area contributed by atoms with Gasteiger partial charge in [0.15, 0.2) is 0 Å². The lowest BCUT2D eigenvalue weighted by atomic mass is 10.0. The Labute approximate surface area is 118 Å². The molecular formula is C14H19ClN2O2. The molecule has 5 heteroatoms. The Hall–Kier alpha value is -1.26. The first-order chi connectivity index (χ1) is 8.91. The molecule has 0 spiro atoms. The van der Waals surface area contributed by atoms with Crippen LogP contribution < -0.4 is 5.73 Å². The monoisotopic (exact) mass is 282 g/mol. The fraction of sp³-hybridized carbons (Fsp3) is 0.500. The number of halogens is 1. The molecule has 1 aliphatic carbocycles. The first-order valence-electron chi connectivity index (χ1n) is 6.44. The highest BCUT2D eigenvalue weighted by Gasteiger charge is 2.33. The van der Waals surface area contributed by atoms with Crippen LogP contribution in [0.25, 0.3) is 0 Å². The molecular weight excluding hydrogens is 264 g/mol. The van der Waals surface area contributed by atoms with Crippen LogP contribution in [0.5, 0.6) is 0 Å². The third kappa shape index (κ3) is 3.19. The van der Waals surface area contributed by atoms with E-state index in [0.29, 0.717) is 22.8 Å². The second-order valence-electron chi connectivity index (χ2n) is 5.33. The molecule has 4 nitrogen and oxygen atoms in total. The van der Waals surface area contributed by atoms with Gasteiger partial charge in [0.25, 0.3) is 5.91 Å². The van der Waals surface area contributed by atoms with Crippen molar-refractivity contribution >= 4 is 23.2 Å². The van der Waals surface area contributed by atoms with Gasteiger partial charge in [-0.15, -0.1) is 0 Å². The normalized spacial score (nSPS) is 17.4. The van der Waals surface area contributed by atoms with E-state index in [-0.39, 0.29) is 5.91 Å². The largest absolute Gasteiger partial charge is 0.399 e. The minimum Gasteiger partial charge on any atom is -0.399 e. The van der Waals surface area contributed by atoms with Crippen molar-refractivity contribution < 1.29 is 9.90 Å². The molecule has 3 N–H and O–H groups in total. The molecule has 0 radical (unpaired) electrons. The lowest BCUT2D eigenvalue weighted by molar-refractivity contribution is 0.0157. The number of nitrogen functional groups attached to an aromatic ring is 1. The number of aliphatic hydroxyl groups is 1. The van der Waals surface area contributed by atoms with Gasteiger partial charge in [0.2, 0.25) is 0 Å². The molecule has 1 fully saturated rings. The van der Waals surface area contributed by atoms with Gasteiger partial charge in [0.1, 0.15) is 0 Å². The highest BCUT2D eigenvalue weighted by atomic mass is 35.5. The van der Waals surface area contributed by atoms with Gasteiger partial charge >= 0.3 is 0 Å². The maximum atomic E-state index is 12.3. The summed E-state index contributed by atoms with van der Waals surface area (Å²) in [6.07, 6.45) is 3.51. The second-order valence-corrected chi connectivity index (χ2v) is 5.74. The molecule has 19 heavy (non-hydrogen) atoms. The number of carbonyl (C=O) groups excluding carboxylic acids is 1. The Balaban J connectivity index is 2.12. The van der Waals surface area contributed by atoms with Crippen LogP contribution in [-0.4, -0.2) is 35.1 Å². The van der Waals surface area contributed by atoms with Gasteiger partial charge in [-0.2, -0.15) is 0 Å². The predicted molar refractivity (Wildman–Crippen MR) is 76.2 cm³/mol. The van der Waals surface area contributed by atoms with E-state index in [0.717, 1.165) is 25.7 Å². The first-order valence-corrected chi connectivity index (χ1v) is 6.82. The number of nitrogens with zero attached hydrogens (tertiary/aromatic N) is 1. The van der Waals surface area contributed by atoms with Crippen LogP contribution in [-0.2, 0) is 0 Å². The van der Waals surface area contributed by atoms with Gasteiger partial charge in [0.05, 0.1) is 16.2 Å². The smallest absolute Gasteiger partial charge is 0.255 e. The summed E-state index contributed by atoms with van der Waals surface area (Å²) in [5.74, 6) is -0.211. The van der Waals surface area contributed by atoms with Crippen LogP contribution in [0.15, 0.2) is 18.2 Å². The zero-order valence-corrected chi connectivity index (χ0v) is 11.8. The lowest BCUT2D eigenvalue weighted by Gasteiger charge is -2.28. The summed E-state index contributed by atoms with van der Waals surface area (Å²) in [6, 6.07) is 4.84. The number of amides is 1. The lowest BCUT2D eigenvalue weighted by Crippen LogP contribution is -2.42. The SMILES string of the molecule is CN(CC1(O)CCCC1)C(=O)c1cc(N)ccc1Cl. The number of hydrogen-bond donors (Lipinski definition) is 2. The Morgan fingerprint density at radius 1 is 1.47 bits per heavy atom. The highest BCUT2D eigenvalue weighted by Crippen LogP contribution is 2.30. The topological polar surface area (TPSA) is 66.6 Å². The summed E-state index contributed by atoms with van der Waals surface area (Å²) in [5.41, 5.74) is 5.80. The summed E-state index contributed by atoms with van der Waals surface area (Å²) in [7, 11) is 1.68. The summed E-state index contributed by atoms with van der Waals surface area (Å²) >= 11 is 6.02. The summed E-state index contributed by atoms with van der Waals surface area (Å²) < 4.78 is 0. The molecule has 0 aliphatic heterocycles. The van der Waals surface area contributed by atoms with E-state index in [4.69, 9.17) is 17.3 Å². The van der Waals surface area contributed by atoms with Crippen molar-refractivity contribution in [3.63, 3.8) is 0 Å². The van der Waals surface area contributed by atoms with E-state index in [1.807, 2.05) is 0 Å². The quantitative estimate of drug-likeness (QED) is 0.836. The summed E-state index contributed by atoms with van der Waals surface area (Å²) in [4.78, 5) is 13.8. The molecule has 1 amide bonds. The van der Waals surface area contributed by atoms with Gasteiger partial charge in [-0.05, 0) is 31.0 Å². The molecule has 0 unspecified atom stereocenters. The molecule has 0 heterocycles. The standard InChI is InChI=1S/C14H19ClN2O2/c1-17(9-14(19)6-2-3-7-14)13(18)11-8-10(16)4-5-12(11)15/h4-5,8,19H,2-3,6-7,9,16H2,1H3. The molecule has 104 valence electrons. The van der Waals surface area contributed by atoms with Gasteiger partial charge in [-0.1, -0.05) is 24.4 Å². The number of hydrogen-bond acceptors (Lipinski definition) is 3. The van der Waals surface area contributed by atoms with E-state index in [1.165, 1.54) is 4.90 Å². The number of carbonyl (C=O) groups is 1. The van der Waals surface area contributed by atoms with Gasteiger partial charge in [-0.25, -0.2) is 0 Å². The predicted octanol–water partition coefficient (Wildman–Crippen LogP) is 2.30.